The van der Waals surface area contributed by atoms with Crippen LogP contribution in [0.5, 0.6) is 5.75 Å². The fourth-order valence-electron chi connectivity index (χ4n) is 3.97. The van der Waals surface area contributed by atoms with E-state index in [-0.39, 0.29) is 31.2 Å². The van der Waals surface area contributed by atoms with Crippen LogP contribution in [0.2, 0.25) is 0 Å². The molecule has 0 unspecified atom stereocenters. The highest BCUT2D eigenvalue weighted by Crippen LogP contribution is 2.30. The molecular weight excluding hydrogens is 490 g/mol. The second-order valence-corrected chi connectivity index (χ2v) is 11.6. The van der Waals surface area contributed by atoms with Crippen LogP contribution in [-0.4, -0.2) is 57.1 Å². The van der Waals surface area contributed by atoms with Crippen molar-refractivity contribution in [1.82, 2.24) is 10.2 Å². The van der Waals surface area contributed by atoms with Gasteiger partial charge in [0, 0.05) is 26.1 Å². The number of anilines is 1. The molecule has 0 aromatic heterocycles. The van der Waals surface area contributed by atoms with Gasteiger partial charge in [-0.25, -0.2) is 8.42 Å². The van der Waals surface area contributed by atoms with Crippen molar-refractivity contribution >= 4 is 27.5 Å². The van der Waals surface area contributed by atoms with E-state index in [1.54, 1.807) is 36.1 Å². The Morgan fingerprint density at radius 2 is 1.76 bits per heavy atom. The Labute approximate surface area is 222 Å². The van der Waals surface area contributed by atoms with Gasteiger partial charge in [-0.3, -0.25) is 13.9 Å². The lowest BCUT2D eigenvalue weighted by Gasteiger charge is -2.30. The van der Waals surface area contributed by atoms with Gasteiger partial charge in [0.25, 0.3) is 0 Å². The zero-order valence-corrected chi connectivity index (χ0v) is 23.7. The molecule has 0 fully saturated rings. The van der Waals surface area contributed by atoms with E-state index >= 15 is 0 Å². The van der Waals surface area contributed by atoms with E-state index in [4.69, 9.17) is 4.74 Å². The molecule has 0 aliphatic rings. The first-order valence-corrected chi connectivity index (χ1v) is 14.6. The lowest BCUT2D eigenvalue weighted by Crippen LogP contribution is -2.48. The van der Waals surface area contributed by atoms with Gasteiger partial charge in [-0.05, 0) is 50.8 Å². The number of rotatable bonds is 14. The van der Waals surface area contributed by atoms with E-state index in [1.807, 2.05) is 52.0 Å². The summed E-state index contributed by atoms with van der Waals surface area (Å²) in [6.07, 6.45) is 1.52. The third kappa shape index (κ3) is 9.39. The van der Waals surface area contributed by atoms with Gasteiger partial charge in [-0.1, -0.05) is 55.8 Å². The van der Waals surface area contributed by atoms with Crippen molar-refractivity contribution < 1.29 is 22.7 Å². The van der Waals surface area contributed by atoms with E-state index in [0.29, 0.717) is 37.1 Å². The second kappa shape index (κ2) is 14.0. The van der Waals surface area contributed by atoms with Crippen molar-refractivity contribution in [2.24, 2.45) is 5.92 Å². The number of hydrogen-bond acceptors (Lipinski definition) is 5. The van der Waals surface area contributed by atoms with Crippen molar-refractivity contribution in [3.8, 4) is 5.75 Å². The van der Waals surface area contributed by atoms with Crippen LogP contribution in [0.1, 0.15) is 51.7 Å². The van der Waals surface area contributed by atoms with Crippen molar-refractivity contribution in [1.29, 1.82) is 0 Å². The molecule has 0 saturated heterocycles. The lowest BCUT2D eigenvalue weighted by molar-refractivity contribution is -0.140. The molecule has 2 aromatic rings. The molecule has 0 heterocycles. The highest BCUT2D eigenvalue weighted by Gasteiger charge is 2.27. The number of carbonyl (C=O) groups excluding carboxylic acids is 2. The monoisotopic (exact) mass is 531 g/mol. The van der Waals surface area contributed by atoms with Crippen LogP contribution in [0.4, 0.5) is 5.69 Å². The number of hydrogen-bond donors (Lipinski definition) is 1. The number of nitrogens with zero attached hydrogens (tertiary/aromatic N) is 2. The summed E-state index contributed by atoms with van der Waals surface area (Å²) in [7, 11) is -3.61. The average molecular weight is 532 g/mol. The van der Waals surface area contributed by atoms with Crippen molar-refractivity contribution in [3.05, 3.63) is 59.7 Å². The molecule has 0 saturated carbocycles. The average Bonchev–Trinajstić information content (AvgIpc) is 2.83. The van der Waals surface area contributed by atoms with Gasteiger partial charge in [0.2, 0.25) is 21.8 Å². The molecule has 1 atom stereocenters. The minimum absolute atomic E-state index is 0.0937. The molecule has 0 aliphatic carbocycles. The van der Waals surface area contributed by atoms with Gasteiger partial charge >= 0.3 is 0 Å². The normalized spacial score (nSPS) is 12.2. The predicted octanol–water partition coefficient (Wildman–Crippen LogP) is 4.13. The Morgan fingerprint density at radius 1 is 1.05 bits per heavy atom. The Balaban J connectivity index is 2.20. The molecule has 2 rings (SSSR count). The van der Waals surface area contributed by atoms with E-state index in [9.17, 15) is 18.0 Å². The Bertz CT molecular complexity index is 1150. The van der Waals surface area contributed by atoms with Gasteiger partial charge in [-0.2, -0.15) is 0 Å². The first-order valence-electron chi connectivity index (χ1n) is 12.8. The SMILES string of the molecule is CCOc1ccccc1N(CCCC(=O)N(Cc1cccc(C)c1)[C@@H](C)C(=O)NCC(C)C)S(C)(=O)=O. The largest absolute Gasteiger partial charge is 0.492 e. The minimum atomic E-state index is -3.61. The molecule has 204 valence electrons. The Hall–Kier alpha value is -3.07. The van der Waals surface area contributed by atoms with E-state index in [2.05, 4.69) is 5.32 Å². The lowest BCUT2D eigenvalue weighted by atomic mass is 10.1. The van der Waals surface area contributed by atoms with Crippen molar-refractivity contribution in [3.63, 3.8) is 0 Å². The summed E-state index contributed by atoms with van der Waals surface area (Å²) in [5.74, 6) is 0.343. The standard InChI is InChI=1S/C28H41N3O5S/c1-7-36-26-15-9-8-14-25(26)31(37(6,34)35)17-11-16-27(32)30(20-24-13-10-12-22(4)18-24)23(5)28(33)29-19-21(2)3/h8-10,12-15,18,21,23H,7,11,16-17,19-20H2,1-6H3,(H,29,33)/t23-/m0/s1. The van der Waals surface area contributed by atoms with Crippen LogP contribution < -0.4 is 14.4 Å². The summed E-state index contributed by atoms with van der Waals surface area (Å²) in [5.41, 5.74) is 2.44. The molecule has 0 radical (unpaired) electrons. The summed E-state index contributed by atoms with van der Waals surface area (Å²) in [5, 5.41) is 2.91. The summed E-state index contributed by atoms with van der Waals surface area (Å²) < 4.78 is 32.1. The number of aryl methyl sites for hydroxylation is 1. The zero-order chi connectivity index (χ0) is 27.6. The summed E-state index contributed by atoms with van der Waals surface area (Å²) >= 11 is 0. The topological polar surface area (TPSA) is 96.0 Å². The third-order valence-corrected chi connectivity index (χ3v) is 7.05. The van der Waals surface area contributed by atoms with Gasteiger partial charge in [0.1, 0.15) is 11.8 Å². The number of carbonyl (C=O) groups is 2. The number of ether oxygens (including phenoxy) is 1. The maximum atomic E-state index is 13.4. The molecule has 8 nitrogen and oxygen atoms in total. The van der Waals surface area contributed by atoms with Gasteiger partial charge < -0.3 is 15.0 Å². The molecule has 1 N–H and O–H groups in total. The summed E-state index contributed by atoms with van der Waals surface area (Å²) in [6.45, 7) is 10.9. The molecule has 0 bridgehead atoms. The quantitative estimate of drug-likeness (QED) is 0.396. The maximum absolute atomic E-state index is 13.4. The summed E-state index contributed by atoms with van der Waals surface area (Å²) in [4.78, 5) is 27.8. The third-order valence-electron chi connectivity index (χ3n) is 5.87. The molecule has 37 heavy (non-hydrogen) atoms. The Kier molecular flexibility index (Phi) is 11.4. The van der Waals surface area contributed by atoms with Gasteiger partial charge in [0.05, 0.1) is 18.6 Å². The first-order chi connectivity index (χ1) is 17.4. The molecule has 2 amide bonds. The van der Waals surface area contributed by atoms with Crippen LogP contribution >= 0.6 is 0 Å². The first kappa shape index (κ1) is 30.2. The summed E-state index contributed by atoms with van der Waals surface area (Å²) in [6, 6.07) is 14.1. The molecular formula is C28H41N3O5S. The van der Waals surface area contributed by atoms with Crippen LogP contribution in [0.15, 0.2) is 48.5 Å². The highest BCUT2D eigenvalue weighted by atomic mass is 32.2. The highest BCUT2D eigenvalue weighted by molar-refractivity contribution is 7.92. The molecule has 9 heteroatoms. The molecule has 0 aliphatic heterocycles. The van der Waals surface area contributed by atoms with Crippen LogP contribution in [0.25, 0.3) is 0 Å². The van der Waals surface area contributed by atoms with E-state index < -0.39 is 16.1 Å². The zero-order valence-electron chi connectivity index (χ0n) is 22.9. The molecule has 0 spiro atoms. The van der Waals surface area contributed by atoms with Crippen LogP contribution in [0.3, 0.4) is 0 Å². The van der Waals surface area contributed by atoms with Gasteiger partial charge in [0.15, 0.2) is 0 Å². The number of para-hydroxylation sites is 2. The fourth-order valence-corrected chi connectivity index (χ4v) is 4.93. The Morgan fingerprint density at radius 3 is 2.38 bits per heavy atom. The van der Waals surface area contributed by atoms with Crippen LogP contribution in [-0.2, 0) is 26.2 Å². The van der Waals surface area contributed by atoms with E-state index in [1.165, 1.54) is 4.31 Å². The number of benzene rings is 2. The second-order valence-electron chi connectivity index (χ2n) is 9.67. The number of nitrogens with one attached hydrogen (secondary N) is 1. The van der Waals surface area contributed by atoms with Crippen molar-refractivity contribution in [2.45, 2.75) is 60.0 Å². The number of sulfonamides is 1. The van der Waals surface area contributed by atoms with E-state index in [0.717, 1.165) is 17.4 Å². The minimum Gasteiger partial charge on any atom is -0.492 e. The van der Waals surface area contributed by atoms with Crippen molar-refractivity contribution in [2.75, 3.05) is 30.3 Å². The molecule has 2 aromatic carbocycles. The smallest absolute Gasteiger partial charge is 0.242 e. The fraction of sp³-hybridized carbons (Fsp3) is 0.500. The predicted molar refractivity (Wildman–Crippen MR) is 148 cm³/mol. The number of amides is 2. The van der Waals surface area contributed by atoms with Gasteiger partial charge in [-0.15, -0.1) is 0 Å². The van der Waals surface area contributed by atoms with Crippen LogP contribution in [0, 0.1) is 12.8 Å². The maximum Gasteiger partial charge on any atom is 0.242 e.